The molecule has 2 rings (SSSR count). The van der Waals surface area contributed by atoms with Crippen LogP contribution in [0.2, 0.25) is 5.15 Å². The Kier molecular flexibility index (Phi) is 3.48. The Morgan fingerprint density at radius 3 is 2.78 bits per heavy atom. The molecule has 4 nitrogen and oxygen atoms in total. The third-order valence-corrected chi connectivity index (χ3v) is 2.72. The zero-order valence-corrected chi connectivity index (χ0v) is 10.5. The lowest BCUT2D eigenvalue weighted by molar-refractivity contribution is 0.102. The number of pyridine rings is 1. The minimum absolute atomic E-state index is 0.208. The van der Waals surface area contributed by atoms with Crippen molar-refractivity contribution in [1.82, 2.24) is 4.98 Å². The van der Waals surface area contributed by atoms with Crippen molar-refractivity contribution >= 4 is 28.9 Å². The molecule has 0 saturated carbocycles. The molecule has 1 aromatic heterocycles. The molecule has 0 unspecified atom stereocenters. The second kappa shape index (κ2) is 5.06. The number of aromatic nitrogens is 1. The number of hydrogen-bond donors (Lipinski definition) is 2. The van der Waals surface area contributed by atoms with Gasteiger partial charge in [-0.15, -0.1) is 0 Å². The second-order valence-electron chi connectivity index (χ2n) is 3.89. The fourth-order valence-electron chi connectivity index (χ4n) is 1.50. The monoisotopic (exact) mass is 261 g/mol. The zero-order valence-electron chi connectivity index (χ0n) is 9.77. The van der Waals surface area contributed by atoms with Crippen LogP contribution in [0.25, 0.3) is 0 Å². The van der Waals surface area contributed by atoms with Crippen LogP contribution < -0.4 is 11.1 Å². The lowest BCUT2D eigenvalue weighted by Crippen LogP contribution is -2.12. The maximum atomic E-state index is 12.0. The van der Waals surface area contributed by atoms with E-state index in [9.17, 15) is 4.79 Å². The van der Waals surface area contributed by atoms with E-state index < -0.39 is 0 Å². The highest BCUT2D eigenvalue weighted by Gasteiger charge is 2.07. The quantitative estimate of drug-likeness (QED) is 0.645. The second-order valence-corrected chi connectivity index (χ2v) is 4.28. The fourth-order valence-corrected chi connectivity index (χ4v) is 1.67. The molecular weight excluding hydrogens is 250 g/mol. The van der Waals surface area contributed by atoms with Gasteiger partial charge in [-0.3, -0.25) is 4.79 Å². The summed E-state index contributed by atoms with van der Waals surface area (Å²) in [4.78, 5) is 15.8. The number of nitrogens with two attached hydrogens (primary N) is 1. The van der Waals surface area contributed by atoms with Crippen LogP contribution in [0.5, 0.6) is 0 Å². The summed E-state index contributed by atoms with van der Waals surface area (Å²) in [6.45, 7) is 1.86. The van der Waals surface area contributed by atoms with Crippen molar-refractivity contribution in [1.29, 1.82) is 0 Å². The summed E-state index contributed by atoms with van der Waals surface area (Å²) in [5.41, 5.74) is 8.40. The first kappa shape index (κ1) is 12.4. The maximum Gasteiger partial charge on any atom is 0.255 e. The summed E-state index contributed by atoms with van der Waals surface area (Å²) in [6, 6.07) is 8.40. The Morgan fingerprint density at radius 1 is 1.33 bits per heavy atom. The first-order valence-corrected chi connectivity index (χ1v) is 5.73. The first-order valence-electron chi connectivity index (χ1n) is 5.35. The van der Waals surface area contributed by atoms with E-state index in [1.165, 1.54) is 6.20 Å². The zero-order chi connectivity index (χ0) is 13.1. The molecule has 0 spiro atoms. The standard InChI is InChI=1S/C13H12ClN3O/c1-8-6-9(2-3-11(8)15)13(18)17-10-4-5-16-12(14)7-10/h2-7H,15H2,1H3,(H,16,17,18). The third-order valence-electron chi connectivity index (χ3n) is 2.52. The van der Waals surface area contributed by atoms with Gasteiger partial charge in [0.15, 0.2) is 0 Å². The number of aryl methyl sites for hydroxylation is 1. The van der Waals surface area contributed by atoms with Crippen LogP contribution >= 0.6 is 11.6 Å². The van der Waals surface area contributed by atoms with E-state index in [4.69, 9.17) is 17.3 Å². The van der Waals surface area contributed by atoms with Crippen molar-refractivity contribution in [2.75, 3.05) is 11.1 Å². The van der Waals surface area contributed by atoms with Crippen molar-refractivity contribution in [2.24, 2.45) is 0 Å². The lowest BCUT2D eigenvalue weighted by Gasteiger charge is -2.07. The highest BCUT2D eigenvalue weighted by molar-refractivity contribution is 6.29. The third kappa shape index (κ3) is 2.78. The van der Waals surface area contributed by atoms with E-state index in [-0.39, 0.29) is 5.91 Å². The van der Waals surface area contributed by atoms with Crippen molar-refractivity contribution < 1.29 is 4.79 Å². The molecule has 0 radical (unpaired) electrons. The van der Waals surface area contributed by atoms with Gasteiger partial charge in [0.2, 0.25) is 0 Å². The van der Waals surface area contributed by atoms with E-state index >= 15 is 0 Å². The fraction of sp³-hybridized carbons (Fsp3) is 0.0769. The molecule has 0 saturated heterocycles. The molecule has 0 aliphatic carbocycles. The van der Waals surface area contributed by atoms with E-state index in [0.29, 0.717) is 22.1 Å². The largest absolute Gasteiger partial charge is 0.399 e. The maximum absolute atomic E-state index is 12.0. The number of carbonyl (C=O) groups is 1. The summed E-state index contributed by atoms with van der Waals surface area (Å²) in [5.74, 6) is -0.208. The molecule has 0 bridgehead atoms. The van der Waals surface area contributed by atoms with Gasteiger partial charge in [-0.1, -0.05) is 11.6 Å². The number of nitrogen functional groups attached to an aromatic ring is 1. The minimum atomic E-state index is -0.208. The normalized spacial score (nSPS) is 10.1. The average molecular weight is 262 g/mol. The Balaban J connectivity index is 2.19. The van der Waals surface area contributed by atoms with Gasteiger partial charge in [0.05, 0.1) is 0 Å². The van der Waals surface area contributed by atoms with Gasteiger partial charge in [0.1, 0.15) is 5.15 Å². The molecule has 0 aliphatic rings. The molecule has 1 aromatic carbocycles. The minimum Gasteiger partial charge on any atom is -0.399 e. The summed E-state index contributed by atoms with van der Waals surface area (Å²) >= 11 is 5.74. The summed E-state index contributed by atoms with van der Waals surface area (Å²) in [7, 11) is 0. The molecule has 2 aromatic rings. The summed E-state index contributed by atoms with van der Waals surface area (Å²) in [5, 5.41) is 3.08. The van der Waals surface area contributed by atoms with Gasteiger partial charge in [0.25, 0.3) is 5.91 Å². The highest BCUT2D eigenvalue weighted by Crippen LogP contribution is 2.16. The van der Waals surface area contributed by atoms with Gasteiger partial charge in [-0.2, -0.15) is 0 Å². The van der Waals surface area contributed by atoms with E-state index in [1.54, 1.807) is 30.3 Å². The Labute approximate surface area is 110 Å². The van der Waals surface area contributed by atoms with E-state index in [0.717, 1.165) is 5.56 Å². The number of hydrogen-bond acceptors (Lipinski definition) is 3. The lowest BCUT2D eigenvalue weighted by atomic mass is 10.1. The number of halogens is 1. The van der Waals surface area contributed by atoms with Crippen molar-refractivity contribution in [3.8, 4) is 0 Å². The molecule has 0 fully saturated rings. The molecule has 1 amide bonds. The Hall–Kier alpha value is -2.07. The number of benzene rings is 1. The molecule has 5 heteroatoms. The predicted octanol–water partition coefficient (Wildman–Crippen LogP) is 2.88. The van der Waals surface area contributed by atoms with Crippen molar-refractivity contribution in [2.45, 2.75) is 6.92 Å². The topological polar surface area (TPSA) is 68.0 Å². The van der Waals surface area contributed by atoms with Crippen molar-refractivity contribution in [3.63, 3.8) is 0 Å². The number of nitrogens with one attached hydrogen (secondary N) is 1. The molecule has 92 valence electrons. The van der Waals surface area contributed by atoms with Crippen LogP contribution in [0.1, 0.15) is 15.9 Å². The number of carbonyl (C=O) groups excluding carboxylic acids is 1. The molecular formula is C13H12ClN3O. The highest BCUT2D eigenvalue weighted by atomic mass is 35.5. The van der Waals surface area contributed by atoms with Crippen LogP contribution in [0.3, 0.4) is 0 Å². The van der Waals surface area contributed by atoms with Crippen LogP contribution in [-0.4, -0.2) is 10.9 Å². The van der Waals surface area contributed by atoms with E-state index in [1.807, 2.05) is 6.92 Å². The summed E-state index contributed by atoms with van der Waals surface area (Å²) < 4.78 is 0. The molecule has 0 atom stereocenters. The molecule has 0 aliphatic heterocycles. The Morgan fingerprint density at radius 2 is 2.11 bits per heavy atom. The van der Waals surface area contributed by atoms with E-state index in [2.05, 4.69) is 10.3 Å². The Bertz CT molecular complexity index is 599. The van der Waals surface area contributed by atoms with Crippen LogP contribution in [0.4, 0.5) is 11.4 Å². The van der Waals surface area contributed by atoms with Gasteiger partial charge >= 0.3 is 0 Å². The van der Waals surface area contributed by atoms with Gasteiger partial charge in [0, 0.05) is 23.1 Å². The SMILES string of the molecule is Cc1cc(C(=O)Nc2ccnc(Cl)c2)ccc1N. The van der Waals surface area contributed by atoms with Crippen molar-refractivity contribution in [3.05, 3.63) is 52.8 Å². The molecule has 18 heavy (non-hydrogen) atoms. The van der Waals surface area contributed by atoms with Gasteiger partial charge in [-0.25, -0.2) is 4.98 Å². The number of nitrogens with zero attached hydrogens (tertiary/aromatic N) is 1. The smallest absolute Gasteiger partial charge is 0.255 e. The first-order chi connectivity index (χ1) is 8.56. The average Bonchev–Trinajstić information content (AvgIpc) is 2.32. The number of anilines is 2. The van der Waals surface area contributed by atoms with Crippen LogP contribution in [0.15, 0.2) is 36.5 Å². The number of amides is 1. The van der Waals surface area contributed by atoms with Crippen LogP contribution in [0, 0.1) is 6.92 Å². The van der Waals surface area contributed by atoms with Gasteiger partial charge in [-0.05, 0) is 42.8 Å². The predicted molar refractivity (Wildman–Crippen MR) is 72.8 cm³/mol. The summed E-state index contributed by atoms with van der Waals surface area (Å²) in [6.07, 6.45) is 1.53. The molecule has 1 heterocycles. The number of rotatable bonds is 2. The van der Waals surface area contributed by atoms with Gasteiger partial charge < -0.3 is 11.1 Å². The molecule has 3 N–H and O–H groups in total. The van der Waals surface area contributed by atoms with Crippen LogP contribution in [-0.2, 0) is 0 Å².